The second-order valence-electron chi connectivity index (χ2n) is 6.90. The maximum absolute atomic E-state index is 11.2. The molecule has 1 heterocycles. The largest absolute Gasteiger partial charge is 0.481 e. The third-order valence-electron chi connectivity index (χ3n) is 4.78. The van der Waals surface area contributed by atoms with Crippen molar-refractivity contribution in [3.8, 4) is 11.1 Å². The van der Waals surface area contributed by atoms with Crippen LogP contribution in [0.2, 0.25) is 0 Å². The van der Waals surface area contributed by atoms with Crippen molar-refractivity contribution >= 4 is 17.3 Å². The maximum Gasteiger partial charge on any atom is 0.303 e. The number of anilines is 2. The number of nitrogens with one attached hydrogen (secondary N) is 1. The molecule has 1 atom stereocenters. The van der Waals surface area contributed by atoms with E-state index in [9.17, 15) is 9.90 Å². The number of hydrogen-bond acceptors (Lipinski definition) is 3. The van der Waals surface area contributed by atoms with Gasteiger partial charge in [0, 0.05) is 35.7 Å². The van der Waals surface area contributed by atoms with Crippen LogP contribution in [-0.2, 0) is 11.8 Å². The molecule has 0 amide bonds. The molecule has 0 spiro atoms. The minimum Gasteiger partial charge on any atom is -0.481 e. The number of aliphatic carboxylic acids is 1. The summed E-state index contributed by atoms with van der Waals surface area (Å²) in [6.45, 7) is 4.08. The lowest BCUT2D eigenvalue weighted by Crippen LogP contribution is -2.06. The fourth-order valence-electron chi connectivity index (χ4n) is 3.23. The standard InChI is InChI=1S/C22H25N3O2/c1-4-16(12-22(26)27)17-7-10-20(18-13-23-25(3)14-18)21(11-17)24-19-8-5-15(2)6-9-19/h5-11,13-14,16,24H,4,12H2,1-3H3,(H,26,27). The molecule has 140 valence electrons. The quantitative estimate of drug-likeness (QED) is 0.612. The molecule has 2 aromatic carbocycles. The zero-order valence-corrected chi connectivity index (χ0v) is 15.9. The third kappa shape index (κ3) is 4.56. The Morgan fingerprint density at radius 2 is 1.96 bits per heavy atom. The number of benzene rings is 2. The van der Waals surface area contributed by atoms with Crippen LogP contribution in [0.5, 0.6) is 0 Å². The Morgan fingerprint density at radius 3 is 2.56 bits per heavy atom. The van der Waals surface area contributed by atoms with Crippen molar-refractivity contribution in [2.75, 3.05) is 5.32 Å². The van der Waals surface area contributed by atoms with Crippen molar-refractivity contribution in [1.82, 2.24) is 9.78 Å². The smallest absolute Gasteiger partial charge is 0.303 e. The van der Waals surface area contributed by atoms with Crippen LogP contribution in [0.1, 0.15) is 36.8 Å². The number of carbonyl (C=O) groups is 1. The molecule has 0 aliphatic rings. The number of carboxylic acids is 1. The van der Waals surface area contributed by atoms with Gasteiger partial charge in [-0.05, 0) is 43.0 Å². The Labute approximate surface area is 159 Å². The summed E-state index contributed by atoms with van der Waals surface area (Å²) in [5.41, 5.74) is 6.24. The Hall–Kier alpha value is -3.08. The lowest BCUT2D eigenvalue weighted by molar-refractivity contribution is -0.137. The van der Waals surface area contributed by atoms with E-state index >= 15 is 0 Å². The summed E-state index contributed by atoms with van der Waals surface area (Å²) in [4.78, 5) is 11.2. The Balaban J connectivity index is 2.02. The summed E-state index contributed by atoms with van der Waals surface area (Å²) >= 11 is 0. The topological polar surface area (TPSA) is 67.1 Å². The summed E-state index contributed by atoms with van der Waals surface area (Å²) in [6.07, 6.45) is 4.73. The van der Waals surface area contributed by atoms with Crippen molar-refractivity contribution in [1.29, 1.82) is 0 Å². The lowest BCUT2D eigenvalue weighted by Gasteiger charge is -2.18. The Morgan fingerprint density at radius 1 is 1.22 bits per heavy atom. The molecule has 2 N–H and O–H groups in total. The number of hydrogen-bond donors (Lipinski definition) is 2. The van der Waals surface area contributed by atoms with Crippen molar-refractivity contribution in [2.45, 2.75) is 32.6 Å². The molecule has 5 nitrogen and oxygen atoms in total. The first-order chi connectivity index (χ1) is 13.0. The van der Waals surface area contributed by atoms with Crippen molar-refractivity contribution in [2.24, 2.45) is 7.05 Å². The first kappa shape index (κ1) is 18.7. The van der Waals surface area contributed by atoms with E-state index in [0.29, 0.717) is 0 Å². The van der Waals surface area contributed by atoms with Gasteiger partial charge in [0.25, 0.3) is 0 Å². The van der Waals surface area contributed by atoms with Crippen molar-refractivity contribution in [3.05, 3.63) is 66.0 Å². The van der Waals surface area contributed by atoms with Crippen LogP contribution in [0.15, 0.2) is 54.9 Å². The summed E-state index contributed by atoms with van der Waals surface area (Å²) in [6, 6.07) is 14.4. The number of carboxylic acid groups (broad SMARTS) is 1. The van der Waals surface area contributed by atoms with E-state index in [1.807, 2.05) is 50.6 Å². The normalized spacial score (nSPS) is 12.0. The molecule has 0 saturated carbocycles. The first-order valence-electron chi connectivity index (χ1n) is 9.14. The average molecular weight is 363 g/mol. The van der Waals surface area contributed by atoms with Crippen molar-refractivity contribution < 1.29 is 9.90 Å². The van der Waals surface area contributed by atoms with Crippen LogP contribution < -0.4 is 5.32 Å². The highest BCUT2D eigenvalue weighted by molar-refractivity contribution is 5.81. The lowest BCUT2D eigenvalue weighted by atomic mass is 9.91. The van der Waals surface area contributed by atoms with E-state index in [1.165, 1.54) is 5.56 Å². The van der Waals surface area contributed by atoms with Gasteiger partial charge in [0.1, 0.15) is 0 Å². The average Bonchev–Trinajstić information content (AvgIpc) is 3.07. The molecule has 1 unspecified atom stereocenters. The highest BCUT2D eigenvalue weighted by Gasteiger charge is 2.16. The van der Waals surface area contributed by atoms with Crippen LogP contribution in [0, 0.1) is 6.92 Å². The summed E-state index contributed by atoms with van der Waals surface area (Å²) < 4.78 is 1.78. The molecule has 0 aliphatic heterocycles. The number of nitrogens with zero attached hydrogens (tertiary/aromatic N) is 2. The zero-order chi connectivity index (χ0) is 19.4. The minimum atomic E-state index is -0.772. The molecule has 27 heavy (non-hydrogen) atoms. The van der Waals surface area contributed by atoms with E-state index in [1.54, 1.807) is 4.68 Å². The van der Waals surface area contributed by atoms with Gasteiger partial charge >= 0.3 is 5.97 Å². The summed E-state index contributed by atoms with van der Waals surface area (Å²) in [5, 5.41) is 17.0. The van der Waals surface area contributed by atoms with E-state index in [-0.39, 0.29) is 12.3 Å². The summed E-state index contributed by atoms with van der Waals surface area (Å²) in [7, 11) is 1.89. The second-order valence-corrected chi connectivity index (χ2v) is 6.90. The van der Waals surface area contributed by atoms with Crippen LogP contribution in [0.4, 0.5) is 11.4 Å². The van der Waals surface area contributed by atoms with Gasteiger partial charge in [0.15, 0.2) is 0 Å². The zero-order valence-electron chi connectivity index (χ0n) is 15.9. The van der Waals surface area contributed by atoms with Gasteiger partial charge in [0.2, 0.25) is 0 Å². The molecule has 0 radical (unpaired) electrons. The van der Waals surface area contributed by atoms with Crippen LogP contribution in [0.3, 0.4) is 0 Å². The van der Waals surface area contributed by atoms with Gasteiger partial charge in [-0.1, -0.05) is 36.8 Å². The minimum absolute atomic E-state index is 0.0102. The summed E-state index contributed by atoms with van der Waals surface area (Å²) in [5.74, 6) is -0.782. The van der Waals surface area contributed by atoms with Crippen LogP contribution in [0.25, 0.3) is 11.1 Å². The number of aromatic nitrogens is 2. The van der Waals surface area contributed by atoms with Gasteiger partial charge in [-0.3, -0.25) is 9.48 Å². The molecular formula is C22H25N3O2. The SMILES string of the molecule is CCC(CC(=O)O)c1ccc(-c2cnn(C)c2)c(Nc2ccc(C)cc2)c1. The molecule has 0 fully saturated rings. The molecule has 1 aromatic heterocycles. The predicted octanol–water partition coefficient (Wildman–Crippen LogP) is 5.11. The monoisotopic (exact) mass is 363 g/mol. The fraction of sp³-hybridized carbons (Fsp3) is 0.273. The van der Waals surface area contributed by atoms with Gasteiger partial charge in [-0.2, -0.15) is 5.10 Å². The fourth-order valence-corrected chi connectivity index (χ4v) is 3.23. The van der Waals surface area contributed by atoms with Gasteiger partial charge in [0.05, 0.1) is 12.6 Å². The van der Waals surface area contributed by atoms with E-state index in [4.69, 9.17) is 0 Å². The number of rotatable bonds is 7. The highest BCUT2D eigenvalue weighted by Crippen LogP contribution is 2.34. The second kappa shape index (κ2) is 8.08. The molecule has 5 heteroatoms. The molecule has 3 aromatic rings. The van der Waals surface area contributed by atoms with Gasteiger partial charge in [-0.15, -0.1) is 0 Å². The maximum atomic E-state index is 11.2. The number of aryl methyl sites for hydroxylation is 2. The Kier molecular flexibility index (Phi) is 5.60. The van der Waals surface area contributed by atoms with Gasteiger partial charge < -0.3 is 10.4 Å². The van der Waals surface area contributed by atoms with Crippen molar-refractivity contribution in [3.63, 3.8) is 0 Å². The molecule has 0 saturated heterocycles. The van der Waals surface area contributed by atoms with E-state index < -0.39 is 5.97 Å². The van der Waals surface area contributed by atoms with E-state index in [0.717, 1.165) is 34.5 Å². The molecular weight excluding hydrogens is 338 g/mol. The Bertz CT molecular complexity index is 929. The third-order valence-corrected chi connectivity index (χ3v) is 4.78. The molecule has 3 rings (SSSR count). The highest BCUT2D eigenvalue weighted by atomic mass is 16.4. The molecule has 0 aliphatic carbocycles. The molecule has 0 bridgehead atoms. The van der Waals surface area contributed by atoms with Gasteiger partial charge in [-0.25, -0.2) is 0 Å². The predicted molar refractivity (Wildman–Crippen MR) is 108 cm³/mol. The first-order valence-corrected chi connectivity index (χ1v) is 9.14. The van der Waals surface area contributed by atoms with E-state index in [2.05, 4.69) is 35.5 Å². The van der Waals surface area contributed by atoms with Crippen LogP contribution in [-0.4, -0.2) is 20.9 Å². The van der Waals surface area contributed by atoms with Crippen LogP contribution >= 0.6 is 0 Å².